The average molecular weight is 335 g/mol. The molecule has 0 unspecified atom stereocenters. The Labute approximate surface area is 140 Å². The maximum atomic E-state index is 12.2. The van der Waals surface area contributed by atoms with Gasteiger partial charge in [0.25, 0.3) is 5.91 Å². The maximum absolute atomic E-state index is 12.2. The first-order chi connectivity index (χ1) is 11.2. The van der Waals surface area contributed by atoms with Crippen LogP contribution in [0.4, 0.5) is 0 Å². The minimum absolute atomic E-state index is 0.136. The molecule has 0 saturated carbocycles. The van der Waals surface area contributed by atoms with E-state index in [0.717, 1.165) is 11.3 Å². The number of carbonyl (C=O) groups is 1. The normalized spacial score (nSPS) is 10.3. The van der Waals surface area contributed by atoms with Gasteiger partial charge >= 0.3 is 0 Å². The summed E-state index contributed by atoms with van der Waals surface area (Å²) in [4.78, 5) is 13.4. The van der Waals surface area contributed by atoms with Crippen LogP contribution in [0.1, 0.15) is 21.7 Å². The van der Waals surface area contributed by atoms with Crippen molar-refractivity contribution >= 4 is 17.2 Å². The van der Waals surface area contributed by atoms with Crippen molar-refractivity contribution < 1.29 is 19.0 Å². The summed E-state index contributed by atoms with van der Waals surface area (Å²) < 4.78 is 15.9. The van der Waals surface area contributed by atoms with Crippen LogP contribution in [0.25, 0.3) is 0 Å². The number of amides is 1. The summed E-state index contributed by atoms with van der Waals surface area (Å²) in [5, 5.41) is 4.88. The highest BCUT2D eigenvalue weighted by Crippen LogP contribution is 2.28. The maximum Gasteiger partial charge on any atom is 0.251 e. The molecule has 0 aliphatic heterocycles. The summed E-state index contributed by atoms with van der Waals surface area (Å²) in [6.45, 7) is 1.65. The van der Waals surface area contributed by atoms with Gasteiger partial charge in [-0.15, -0.1) is 11.3 Å². The Hall–Kier alpha value is -2.05. The summed E-state index contributed by atoms with van der Waals surface area (Å²) in [5.74, 6) is 1.03. The predicted molar refractivity (Wildman–Crippen MR) is 90.5 cm³/mol. The van der Waals surface area contributed by atoms with E-state index >= 15 is 0 Å². The molecule has 1 amide bonds. The largest absolute Gasteiger partial charge is 0.493 e. The van der Waals surface area contributed by atoms with Crippen LogP contribution in [0.3, 0.4) is 0 Å². The summed E-state index contributed by atoms with van der Waals surface area (Å²) in [6, 6.07) is 9.13. The summed E-state index contributed by atoms with van der Waals surface area (Å²) in [6.07, 6.45) is 0.772. The van der Waals surface area contributed by atoms with Gasteiger partial charge in [0, 0.05) is 30.6 Å². The molecule has 6 heteroatoms. The van der Waals surface area contributed by atoms with E-state index in [2.05, 4.69) is 5.32 Å². The third-order valence-electron chi connectivity index (χ3n) is 3.18. The average Bonchev–Trinajstić information content (AvgIpc) is 3.10. The van der Waals surface area contributed by atoms with Crippen LogP contribution >= 0.6 is 11.3 Å². The molecule has 0 fully saturated rings. The van der Waals surface area contributed by atoms with Crippen LogP contribution in [0.5, 0.6) is 11.5 Å². The first kappa shape index (κ1) is 17.3. The highest BCUT2D eigenvalue weighted by Gasteiger charge is 2.11. The zero-order chi connectivity index (χ0) is 16.5. The van der Waals surface area contributed by atoms with E-state index in [4.69, 9.17) is 14.2 Å². The van der Waals surface area contributed by atoms with Crippen molar-refractivity contribution in [3.63, 3.8) is 0 Å². The Bertz CT molecular complexity index is 613. The number of hydrogen-bond donors (Lipinski definition) is 1. The fraction of sp³-hybridized carbons (Fsp3) is 0.353. The van der Waals surface area contributed by atoms with Crippen molar-refractivity contribution in [2.75, 3.05) is 27.4 Å². The predicted octanol–water partition coefficient (Wildman–Crippen LogP) is 3.10. The highest BCUT2D eigenvalue weighted by molar-refractivity contribution is 7.09. The molecule has 0 aliphatic carbocycles. The van der Waals surface area contributed by atoms with E-state index in [1.165, 1.54) is 0 Å². The molecule has 0 radical (unpaired) electrons. The zero-order valence-corrected chi connectivity index (χ0v) is 14.2. The first-order valence-corrected chi connectivity index (χ1v) is 8.23. The second-order valence-electron chi connectivity index (χ2n) is 4.82. The smallest absolute Gasteiger partial charge is 0.251 e. The Morgan fingerprint density at radius 2 is 2.04 bits per heavy atom. The van der Waals surface area contributed by atoms with Crippen LogP contribution < -0.4 is 14.8 Å². The minimum atomic E-state index is -0.136. The van der Waals surface area contributed by atoms with Gasteiger partial charge in [-0.2, -0.15) is 0 Å². The summed E-state index contributed by atoms with van der Waals surface area (Å²) in [5.41, 5.74) is 0.545. The molecule has 0 saturated heterocycles. The Morgan fingerprint density at radius 1 is 1.17 bits per heavy atom. The van der Waals surface area contributed by atoms with Crippen LogP contribution in [-0.2, 0) is 11.3 Å². The lowest BCUT2D eigenvalue weighted by Crippen LogP contribution is -2.22. The van der Waals surface area contributed by atoms with Crippen LogP contribution in [0.2, 0.25) is 0 Å². The van der Waals surface area contributed by atoms with Crippen molar-refractivity contribution in [1.82, 2.24) is 5.32 Å². The van der Waals surface area contributed by atoms with Crippen molar-refractivity contribution in [3.05, 3.63) is 46.2 Å². The Morgan fingerprint density at radius 3 is 2.74 bits per heavy atom. The molecule has 23 heavy (non-hydrogen) atoms. The van der Waals surface area contributed by atoms with Gasteiger partial charge in [-0.1, -0.05) is 6.07 Å². The van der Waals surface area contributed by atoms with E-state index in [1.54, 1.807) is 43.8 Å². The van der Waals surface area contributed by atoms with Gasteiger partial charge in [0.2, 0.25) is 0 Å². The molecule has 1 heterocycles. The molecule has 1 aromatic carbocycles. The topological polar surface area (TPSA) is 56.8 Å². The van der Waals surface area contributed by atoms with Crippen LogP contribution in [0, 0.1) is 0 Å². The number of ether oxygens (including phenoxy) is 3. The second kappa shape index (κ2) is 9.17. The van der Waals surface area contributed by atoms with Crippen molar-refractivity contribution in [3.8, 4) is 11.5 Å². The quantitative estimate of drug-likeness (QED) is 0.716. The molecule has 1 aromatic heterocycles. The fourth-order valence-corrected chi connectivity index (χ4v) is 2.64. The van der Waals surface area contributed by atoms with Gasteiger partial charge in [0.05, 0.1) is 20.3 Å². The first-order valence-electron chi connectivity index (χ1n) is 7.35. The number of methoxy groups -OCH3 is 2. The lowest BCUT2D eigenvalue weighted by molar-refractivity contribution is 0.0950. The lowest BCUT2D eigenvalue weighted by atomic mass is 10.2. The van der Waals surface area contributed by atoms with E-state index in [0.29, 0.717) is 36.8 Å². The SMILES string of the molecule is COCCCOc1cc(C(=O)NCc2cccs2)ccc1OC. The van der Waals surface area contributed by atoms with E-state index in [-0.39, 0.29) is 5.91 Å². The summed E-state index contributed by atoms with van der Waals surface area (Å²) in [7, 11) is 3.23. The van der Waals surface area contributed by atoms with Crippen molar-refractivity contribution in [1.29, 1.82) is 0 Å². The minimum Gasteiger partial charge on any atom is -0.493 e. The van der Waals surface area contributed by atoms with Crippen LogP contribution in [-0.4, -0.2) is 33.3 Å². The molecule has 5 nitrogen and oxygen atoms in total. The van der Waals surface area contributed by atoms with Gasteiger partial charge in [-0.25, -0.2) is 0 Å². The lowest BCUT2D eigenvalue weighted by Gasteiger charge is -2.12. The molecular formula is C17H21NO4S. The molecule has 0 bridgehead atoms. The molecule has 0 aliphatic rings. The standard InChI is InChI=1S/C17H21NO4S/c1-20-8-4-9-22-16-11-13(6-7-15(16)21-2)17(19)18-12-14-5-3-10-23-14/h3,5-7,10-11H,4,8-9,12H2,1-2H3,(H,18,19). The molecule has 2 rings (SSSR count). The molecule has 1 N–H and O–H groups in total. The number of rotatable bonds is 9. The number of benzene rings is 1. The molecule has 0 spiro atoms. The Kier molecular flexibility index (Phi) is 6.90. The Balaban J connectivity index is 1.98. The van der Waals surface area contributed by atoms with Gasteiger partial charge in [0.1, 0.15) is 0 Å². The molecule has 2 aromatic rings. The number of thiophene rings is 1. The number of carbonyl (C=O) groups excluding carboxylic acids is 1. The molecular weight excluding hydrogens is 314 g/mol. The number of hydrogen-bond acceptors (Lipinski definition) is 5. The van der Waals surface area contributed by atoms with Gasteiger partial charge in [-0.05, 0) is 29.6 Å². The van der Waals surface area contributed by atoms with Crippen molar-refractivity contribution in [2.24, 2.45) is 0 Å². The van der Waals surface area contributed by atoms with E-state index in [1.807, 2.05) is 17.5 Å². The monoisotopic (exact) mass is 335 g/mol. The molecule has 0 atom stereocenters. The third kappa shape index (κ3) is 5.26. The van der Waals surface area contributed by atoms with Gasteiger partial charge in [-0.3, -0.25) is 4.79 Å². The van der Waals surface area contributed by atoms with Crippen LogP contribution in [0.15, 0.2) is 35.7 Å². The summed E-state index contributed by atoms with van der Waals surface area (Å²) >= 11 is 1.61. The third-order valence-corrected chi connectivity index (χ3v) is 4.06. The highest BCUT2D eigenvalue weighted by atomic mass is 32.1. The van der Waals surface area contributed by atoms with Crippen molar-refractivity contribution in [2.45, 2.75) is 13.0 Å². The number of nitrogens with one attached hydrogen (secondary N) is 1. The fourth-order valence-electron chi connectivity index (χ4n) is 2.00. The second-order valence-corrected chi connectivity index (χ2v) is 5.85. The van der Waals surface area contributed by atoms with Gasteiger partial charge in [0.15, 0.2) is 11.5 Å². The van der Waals surface area contributed by atoms with E-state index < -0.39 is 0 Å². The van der Waals surface area contributed by atoms with E-state index in [9.17, 15) is 4.79 Å². The zero-order valence-electron chi connectivity index (χ0n) is 13.3. The molecule has 124 valence electrons. The van der Waals surface area contributed by atoms with Gasteiger partial charge < -0.3 is 19.5 Å².